The van der Waals surface area contributed by atoms with Gasteiger partial charge in [0.25, 0.3) is 0 Å². The first kappa shape index (κ1) is 17.4. The van der Waals surface area contributed by atoms with Gasteiger partial charge < -0.3 is 15.6 Å². The van der Waals surface area contributed by atoms with Crippen molar-refractivity contribution in [2.75, 3.05) is 0 Å². The third kappa shape index (κ3) is 3.14. The number of aliphatic hydroxyl groups excluding tert-OH is 1. The van der Waals surface area contributed by atoms with Crippen LogP contribution in [0.4, 0.5) is 17.6 Å². The molecular formula is C13H9F4NO4. The largest absolute Gasteiger partial charge is 0.399 e. The monoisotopic (exact) mass is 319 g/mol. The number of nitrogens with two attached hydrogens (primary N) is 1. The van der Waals surface area contributed by atoms with Crippen molar-refractivity contribution in [3.8, 4) is 0 Å². The standard InChI is InChI=1S/C13H9F4NO4/c1-2-7(20)12(18)8(13(21)22-4-19)5-3-6(14)10(16)11(17)9(5)15/h2-4,7,20H,1,18H2. The zero-order valence-corrected chi connectivity index (χ0v) is 10.8. The lowest BCUT2D eigenvalue weighted by atomic mass is 10.00. The maximum atomic E-state index is 13.7. The van der Waals surface area contributed by atoms with Crippen molar-refractivity contribution in [2.24, 2.45) is 5.73 Å². The van der Waals surface area contributed by atoms with E-state index in [1.807, 2.05) is 0 Å². The van der Waals surface area contributed by atoms with E-state index in [1.54, 1.807) is 0 Å². The van der Waals surface area contributed by atoms with Gasteiger partial charge in [0.1, 0.15) is 6.10 Å². The van der Waals surface area contributed by atoms with Crippen molar-refractivity contribution in [1.29, 1.82) is 0 Å². The molecule has 0 aliphatic rings. The van der Waals surface area contributed by atoms with Gasteiger partial charge in [0.05, 0.1) is 11.3 Å². The lowest BCUT2D eigenvalue weighted by Crippen LogP contribution is -2.22. The molecule has 0 radical (unpaired) electrons. The molecule has 0 bridgehead atoms. The Hall–Kier alpha value is -2.68. The number of hydrogen-bond donors (Lipinski definition) is 2. The summed E-state index contributed by atoms with van der Waals surface area (Å²) in [7, 11) is 0. The van der Waals surface area contributed by atoms with Crippen LogP contribution in [0.1, 0.15) is 5.56 Å². The number of rotatable bonds is 5. The highest BCUT2D eigenvalue weighted by Crippen LogP contribution is 2.27. The van der Waals surface area contributed by atoms with Crippen molar-refractivity contribution in [3.05, 3.63) is 53.3 Å². The van der Waals surface area contributed by atoms with E-state index in [2.05, 4.69) is 11.3 Å². The van der Waals surface area contributed by atoms with Crippen molar-refractivity contribution >= 4 is 18.0 Å². The van der Waals surface area contributed by atoms with Gasteiger partial charge in [-0.15, -0.1) is 6.58 Å². The molecule has 0 saturated carbocycles. The normalized spacial score (nSPS) is 13.1. The Morgan fingerprint density at radius 1 is 1.27 bits per heavy atom. The number of hydrogen-bond acceptors (Lipinski definition) is 5. The highest BCUT2D eigenvalue weighted by atomic mass is 19.2. The molecule has 9 heteroatoms. The fourth-order valence-corrected chi connectivity index (χ4v) is 1.52. The van der Waals surface area contributed by atoms with Crippen LogP contribution in [0.5, 0.6) is 0 Å². The number of esters is 1. The van der Waals surface area contributed by atoms with Crippen LogP contribution in [0.2, 0.25) is 0 Å². The summed E-state index contributed by atoms with van der Waals surface area (Å²) in [6, 6.07) is 0.137. The van der Waals surface area contributed by atoms with Gasteiger partial charge >= 0.3 is 12.4 Å². The van der Waals surface area contributed by atoms with Gasteiger partial charge in [-0.25, -0.2) is 22.4 Å². The molecule has 0 amide bonds. The summed E-state index contributed by atoms with van der Waals surface area (Å²) in [5.41, 5.74) is 2.41. The van der Waals surface area contributed by atoms with Crippen LogP contribution in [0.25, 0.3) is 5.57 Å². The van der Waals surface area contributed by atoms with Gasteiger partial charge in [-0.3, -0.25) is 4.79 Å². The van der Waals surface area contributed by atoms with Crippen LogP contribution < -0.4 is 5.73 Å². The topological polar surface area (TPSA) is 89.6 Å². The fourth-order valence-electron chi connectivity index (χ4n) is 1.52. The number of carbonyl (C=O) groups excluding carboxylic acids is 2. The predicted molar refractivity (Wildman–Crippen MR) is 65.7 cm³/mol. The summed E-state index contributed by atoms with van der Waals surface area (Å²) < 4.78 is 57.1. The first-order valence-electron chi connectivity index (χ1n) is 5.54. The van der Waals surface area contributed by atoms with Gasteiger partial charge in [-0.1, -0.05) is 6.08 Å². The van der Waals surface area contributed by atoms with Gasteiger partial charge in [0.15, 0.2) is 23.3 Å². The van der Waals surface area contributed by atoms with E-state index in [0.717, 1.165) is 6.08 Å². The second-order valence-corrected chi connectivity index (χ2v) is 3.86. The number of benzene rings is 1. The van der Waals surface area contributed by atoms with Crippen LogP contribution in [-0.4, -0.2) is 23.7 Å². The Morgan fingerprint density at radius 2 is 1.86 bits per heavy atom. The summed E-state index contributed by atoms with van der Waals surface area (Å²) in [4.78, 5) is 21.8. The van der Waals surface area contributed by atoms with Crippen molar-refractivity contribution in [3.63, 3.8) is 0 Å². The molecule has 1 unspecified atom stereocenters. The summed E-state index contributed by atoms with van der Waals surface area (Å²) in [6.07, 6.45) is -0.901. The predicted octanol–water partition coefficient (Wildman–Crippen LogP) is 1.16. The molecule has 0 aliphatic heterocycles. The fraction of sp³-hybridized carbons (Fsp3) is 0.0769. The van der Waals surface area contributed by atoms with E-state index in [4.69, 9.17) is 5.73 Å². The highest BCUT2D eigenvalue weighted by molar-refractivity contribution is 6.19. The van der Waals surface area contributed by atoms with Crippen LogP contribution >= 0.6 is 0 Å². The first-order valence-corrected chi connectivity index (χ1v) is 5.54. The zero-order chi connectivity index (χ0) is 17.0. The van der Waals surface area contributed by atoms with E-state index in [0.29, 0.717) is 0 Å². The molecule has 1 aromatic carbocycles. The minimum absolute atomic E-state index is 0.137. The molecule has 118 valence electrons. The zero-order valence-electron chi connectivity index (χ0n) is 10.8. The molecule has 0 spiro atoms. The Balaban J connectivity index is 3.71. The molecule has 0 aliphatic carbocycles. The van der Waals surface area contributed by atoms with E-state index in [-0.39, 0.29) is 12.5 Å². The quantitative estimate of drug-likeness (QED) is 0.124. The number of carbonyl (C=O) groups is 2. The second-order valence-electron chi connectivity index (χ2n) is 3.86. The van der Waals surface area contributed by atoms with Crippen molar-refractivity contribution in [1.82, 2.24) is 0 Å². The molecule has 0 fully saturated rings. The average molecular weight is 319 g/mol. The SMILES string of the molecule is C=CC(O)C(N)=C(C(=O)OC=O)c1cc(F)c(F)c(F)c1F. The molecule has 3 N–H and O–H groups in total. The average Bonchev–Trinajstić information content (AvgIpc) is 2.49. The minimum Gasteiger partial charge on any atom is -0.399 e. The molecule has 0 saturated heterocycles. The van der Waals surface area contributed by atoms with E-state index >= 15 is 0 Å². The maximum absolute atomic E-state index is 13.7. The molecule has 0 aromatic heterocycles. The van der Waals surface area contributed by atoms with E-state index < -0.39 is 52.2 Å². The molecule has 1 atom stereocenters. The Bertz CT molecular complexity index is 672. The summed E-state index contributed by atoms with van der Waals surface area (Å²) >= 11 is 0. The van der Waals surface area contributed by atoms with Gasteiger partial charge in [-0.05, 0) is 6.07 Å². The van der Waals surface area contributed by atoms with Gasteiger partial charge in [0, 0.05) is 5.56 Å². The summed E-state index contributed by atoms with van der Waals surface area (Å²) in [5.74, 6) is -9.67. The molecule has 0 heterocycles. The first-order chi connectivity index (χ1) is 10.3. The van der Waals surface area contributed by atoms with E-state index in [9.17, 15) is 32.3 Å². The Morgan fingerprint density at radius 3 is 2.36 bits per heavy atom. The van der Waals surface area contributed by atoms with Crippen LogP contribution in [0.3, 0.4) is 0 Å². The molecule has 1 rings (SSSR count). The minimum atomic E-state index is -2.20. The molecule has 22 heavy (non-hydrogen) atoms. The number of ether oxygens (including phenoxy) is 1. The van der Waals surface area contributed by atoms with Crippen LogP contribution in [0, 0.1) is 23.3 Å². The highest BCUT2D eigenvalue weighted by Gasteiger charge is 2.28. The second kappa shape index (κ2) is 6.85. The summed E-state index contributed by atoms with van der Waals surface area (Å²) in [6.45, 7) is 2.80. The van der Waals surface area contributed by atoms with Crippen LogP contribution in [-0.2, 0) is 14.3 Å². The van der Waals surface area contributed by atoms with Crippen molar-refractivity contribution in [2.45, 2.75) is 6.10 Å². The third-order valence-corrected chi connectivity index (χ3v) is 2.56. The maximum Gasteiger partial charge on any atom is 0.348 e. The third-order valence-electron chi connectivity index (χ3n) is 2.56. The van der Waals surface area contributed by atoms with Crippen molar-refractivity contribution < 1.29 is 37.0 Å². The number of halogens is 4. The lowest BCUT2D eigenvalue weighted by Gasteiger charge is -2.14. The lowest BCUT2D eigenvalue weighted by molar-refractivity contribution is -0.146. The molecule has 1 aromatic rings. The smallest absolute Gasteiger partial charge is 0.348 e. The summed E-state index contributed by atoms with van der Waals surface area (Å²) in [5, 5.41) is 9.48. The Kier molecular flexibility index (Phi) is 5.41. The Labute approximate surface area is 121 Å². The van der Waals surface area contributed by atoms with Crippen LogP contribution in [0.15, 0.2) is 24.4 Å². The molecular weight excluding hydrogens is 310 g/mol. The van der Waals surface area contributed by atoms with Gasteiger partial charge in [-0.2, -0.15) is 0 Å². The number of aliphatic hydroxyl groups is 1. The van der Waals surface area contributed by atoms with E-state index in [1.165, 1.54) is 0 Å². The van der Waals surface area contributed by atoms with Gasteiger partial charge in [0.2, 0.25) is 0 Å². The molecule has 5 nitrogen and oxygen atoms in total.